The van der Waals surface area contributed by atoms with Gasteiger partial charge in [-0.05, 0) is 18.7 Å². The molecule has 0 aromatic carbocycles. The van der Waals surface area contributed by atoms with Crippen molar-refractivity contribution in [3.8, 4) is 0 Å². The van der Waals surface area contributed by atoms with Crippen molar-refractivity contribution in [2.45, 2.75) is 0 Å². The fourth-order valence-electron chi connectivity index (χ4n) is 1.70. The molecule has 0 saturated carbocycles. The zero-order chi connectivity index (χ0) is 13.1. The molecule has 0 amide bonds. The van der Waals surface area contributed by atoms with Crippen molar-refractivity contribution in [1.82, 2.24) is 4.98 Å². The second kappa shape index (κ2) is 4.84. The summed E-state index contributed by atoms with van der Waals surface area (Å²) in [4.78, 5) is 17.0. The number of allylic oxidation sites excluding steroid dienone is 1. The number of fused-ring (bicyclic) bond motifs is 1. The van der Waals surface area contributed by atoms with E-state index < -0.39 is 0 Å². The largest absolute Gasteiger partial charge is 0.439 e. The molecule has 1 aromatic heterocycles. The van der Waals surface area contributed by atoms with Crippen LogP contribution < -0.4 is 10.8 Å². The Kier molecular flexibility index (Phi) is 2.88. The van der Waals surface area contributed by atoms with Gasteiger partial charge in [0.05, 0.1) is 12.7 Å². The number of pyridine rings is 1. The molecule has 0 radical (unpaired) electrons. The molecule has 0 fully saturated rings. The van der Waals surface area contributed by atoms with Crippen LogP contribution in [0.2, 0.25) is 0 Å². The fourth-order valence-corrected chi connectivity index (χ4v) is 1.70. The van der Waals surface area contributed by atoms with Crippen LogP contribution in [0.4, 0.5) is 0 Å². The van der Waals surface area contributed by atoms with E-state index in [-0.39, 0.29) is 5.88 Å². The first-order chi connectivity index (χ1) is 9.33. The van der Waals surface area contributed by atoms with Crippen LogP contribution in [-0.4, -0.2) is 17.7 Å². The van der Waals surface area contributed by atoms with E-state index in [0.717, 1.165) is 5.57 Å². The van der Waals surface area contributed by atoms with Gasteiger partial charge in [0.2, 0.25) is 5.88 Å². The number of hydrogen-bond donors (Lipinski definition) is 0. The first-order valence-electron chi connectivity index (χ1n) is 5.71. The normalized spacial score (nSPS) is 16.9. The van der Waals surface area contributed by atoms with E-state index in [0.29, 0.717) is 23.1 Å². The molecule has 19 heavy (non-hydrogen) atoms. The van der Waals surface area contributed by atoms with Crippen molar-refractivity contribution in [1.29, 1.82) is 0 Å². The molecule has 2 aliphatic heterocycles. The lowest BCUT2D eigenvalue weighted by atomic mass is 10.2. The Balaban J connectivity index is 2.18. The Hall–Kier alpha value is -2.78. The molecule has 0 unspecified atom stereocenters. The average molecular weight is 250 g/mol. The summed E-state index contributed by atoms with van der Waals surface area (Å²) >= 11 is 0. The summed E-state index contributed by atoms with van der Waals surface area (Å²) in [5.41, 5.74) is 4.28. The number of aliphatic imine (C=N–C) groups is 1. The van der Waals surface area contributed by atoms with Crippen LogP contribution in [0, 0.1) is 0 Å². The van der Waals surface area contributed by atoms with Gasteiger partial charge in [-0.15, -0.1) is 0 Å². The van der Waals surface area contributed by atoms with Crippen molar-refractivity contribution < 1.29 is 4.74 Å². The zero-order valence-electron chi connectivity index (χ0n) is 10.1. The molecule has 0 bridgehead atoms. The topological polar surface area (TPSA) is 59.2 Å². The molecule has 92 valence electrons. The van der Waals surface area contributed by atoms with Crippen LogP contribution >= 0.6 is 0 Å². The van der Waals surface area contributed by atoms with E-state index >= 15 is 0 Å². The van der Waals surface area contributed by atoms with Gasteiger partial charge in [0.25, 0.3) is 0 Å². The Morgan fingerprint density at radius 1 is 1.37 bits per heavy atom. The second-order valence-corrected chi connectivity index (χ2v) is 3.88. The first-order valence-corrected chi connectivity index (χ1v) is 5.71. The van der Waals surface area contributed by atoms with Crippen molar-refractivity contribution >= 4 is 6.21 Å². The van der Waals surface area contributed by atoms with Gasteiger partial charge in [0.15, 0.2) is 5.49 Å². The van der Waals surface area contributed by atoms with E-state index in [1.165, 1.54) is 0 Å². The summed E-state index contributed by atoms with van der Waals surface area (Å²) in [5.74, 6) is 0.884. The predicted molar refractivity (Wildman–Crippen MR) is 69.8 cm³/mol. The molecule has 3 heterocycles. The third-order valence-electron chi connectivity index (χ3n) is 2.55. The highest BCUT2D eigenvalue weighted by molar-refractivity contribution is 5.81. The Morgan fingerprint density at radius 2 is 2.32 bits per heavy atom. The first kappa shape index (κ1) is 11.3. The summed E-state index contributed by atoms with van der Waals surface area (Å²) in [6.45, 7) is 4.20. The van der Waals surface area contributed by atoms with Gasteiger partial charge in [-0.3, -0.25) is 9.98 Å². The van der Waals surface area contributed by atoms with Crippen molar-refractivity contribution in [3.05, 3.63) is 71.0 Å². The zero-order valence-corrected chi connectivity index (χ0v) is 10.1. The summed E-state index contributed by atoms with van der Waals surface area (Å²) in [7, 11) is 0. The Bertz CT molecular complexity index is 780. The van der Waals surface area contributed by atoms with Gasteiger partial charge in [0, 0.05) is 24.1 Å². The highest BCUT2D eigenvalue weighted by atomic mass is 16.5. The third-order valence-corrected chi connectivity index (χ3v) is 2.55. The summed E-state index contributed by atoms with van der Waals surface area (Å²) in [5, 5.41) is 0.640. The van der Waals surface area contributed by atoms with Crippen LogP contribution in [0.3, 0.4) is 0 Å². The minimum absolute atomic E-state index is 0.284. The quantitative estimate of drug-likeness (QED) is 0.640. The number of nitrogens with zero attached hydrogens (tertiary/aromatic N) is 4. The van der Waals surface area contributed by atoms with Crippen LogP contribution in [0.25, 0.3) is 0 Å². The maximum absolute atomic E-state index is 5.61. The molecule has 5 nitrogen and oxygen atoms in total. The minimum atomic E-state index is 0.284. The van der Waals surface area contributed by atoms with E-state index in [4.69, 9.17) is 4.74 Å². The Morgan fingerprint density at radius 3 is 3.26 bits per heavy atom. The maximum Gasteiger partial charge on any atom is 0.212 e. The average Bonchev–Trinajstić information content (AvgIpc) is 2.59. The second-order valence-electron chi connectivity index (χ2n) is 3.88. The van der Waals surface area contributed by atoms with Gasteiger partial charge in [-0.1, -0.05) is 5.73 Å². The van der Waals surface area contributed by atoms with Gasteiger partial charge in [0.1, 0.15) is 11.1 Å². The molecule has 3 rings (SSSR count). The minimum Gasteiger partial charge on any atom is -0.439 e. The Labute approximate surface area is 109 Å². The summed E-state index contributed by atoms with van der Waals surface area (Å²) < 4.78 is 5.61. The lowest BCUT2D eigenvalue weighted by Gasteiger charge is -2.06. The van der Waals surface area contributed by atoms with Crippen LogP contribution in [0.1, 0.15) is 0 Å². The molecule has 5 heteroatoms. The third kappa shape index (κ3) is 2.41. The molecule has 0 aliphatic carbocycles. The molecule has 0 N–H and O–H groups in total. The molecular weight excluding hydrogens is 240 g/mol. The maximum atomic E-state index is 5.61. The summed E-state index contributed by atoms with van der Waals surface area (Å²) in [6, 6.07) is 3.62. The highest BCUT2D eigenvalue weighted by Crippen LogP contribution is 2.13. The molecule has 1 aromatic rings. The molecular formula is C14H10N4O. The van der Waals surface area contributed by atoms with Gasteiger partial charge in [-0.25, -0.2) is 9.98 Å². The van der Waals surface area contributed by atoms with E-state index in [9.17, 15) is 0 Å². The molecule has 0 spiro atoms. The van der Waals surface area contributed by atoms with Gasteiger partial charge < -0.3 is 4.74 Å². The predicted octanol–water partition coefficient (Wildman–Crippen LogP) is 0.830. The summed E-state index contributed by atoms with van der Waals surface area (Å²) in [6.07, 6.45) is 6.63. The van der Waals surface area contributed by atoms with Crippen molar-refractivity contribution in [3.63, 3.8) is 0 Å². The molecule has 0 saturated heterocycles. The number of rotatable bonds is 0. The molecule has 2 aliphatic rings. The number of ether oxygens (including phenoxy) is 1. The van der Waals surface area contributed by atoms with Gasteiger partial charge in [-0.2, -0.15) is 0 Å². The van der Waals surface area contributed by atoms with Crippen LogP contribution in [0.15, 0.2) is 75.1 Å². The van der Waals surface area contributed by atoms with Crippen molar-refractivity contribution in [2.75, 3.05) is 6.54 Å². The number of hydrogen-bond acceptors (Lipinski definition) is 5. The monoisotopic (exact) mass is 250 g/mol. The standard InChI is InChI=1S/C14H10N4O/c1-10-18-12-4-2-7-16-14(12)17-9-11-8-15-6-3-5-13(11)19-10/h2,4-8H,1,9H2. The highest BCUT2D eigenvalue weighted by Gasteiger charge is 2.08. The number of aromatic nitrogens is 1. The molecule has 0 atom stereocenters. The lowest BCUT2D eigenvalue weighted by Crippen LogP contribution is -2.28. The fraction of sp³-hybridized carbons (Fsp3) is 0.0714. The van der Waals surface area contributed by atoms with Crippen LogP contribution in [-0.2, 0) is 4.74 Å². The smallest absolute Gasteiger partial charge is 0.212 e. The SMILES string of the molecule is C=C1N=c2cccnc2=NCC2=C(C=C=CN=C2)O1. The van der Waals surface area contributed by atoms with E-state index in [1.54, 1.807) is 30.8 Å². The van der Waals surface area contributed by atoms with Gasteiger partial charge >= 0.3 is 0 Å². The van der Waals surface area contributed by atoms with E-state index in [2.05, 4.69) is 32.3 Å². The van der Waals surface area contributed by atoms with Crippen LogP contribution in [0.5, 0.6) is 0 Å². The van der Waals surface area contributed by atoms with Crippen molar-refractivity contribution in [2.24, 2.45) is 15.0 Å². The van der Waals surface area contributed by atoms with E-state index in [1.807, 2.05) is 6.07 Å². The lowest BCUT2D eigenvalue weighted by molar-refractivity contribution is 0.314.